The summed E-state index contributed by atoms with van der Waals surface area (Å²) in [6.07, 6.45) is 5.38. The van der Waals surface area contributed by atoms with E-state index in [-0.39, 0.29) is 0 Å². The number of hydrogen-bond donors (Lipinski definition) is 0. The van der Waals surface area contributed by atoms with Gasteiger partial charge < -0.3 is 0 Å². The van der Waals surface area contributed by atoms with Gasteiger partial charge in [-0.25, -0.2) is 0 Å². The molecule has 0 unspecified atom stereocenters. The molecule has 0 aromatic heterocycles. The molecule has 1 heterocycles. The fraction of sp³-hybridized carbons (Fsp3) is 0.118. The highest BCUT2D eigenvalue weighted by Crippen LogP contribution is 2.52. The Labute approximate surface area is 314 Å². The predicted octanol–water partition coefficient (Wildman–Crippen LogP) is 13.0. The average molecular weight is 690 g/mol. The van der Waals surface area contributed by atoms with Crippen molar-refractivity contribution >= 4 is 48.8 Å². The topological polar surface area (TPSA) is 59.9 Å². The summed E-state index contributed by atoms with van der Waals surface area (Å²) < 4.78 is 0. The number of allylic oxidation sites excluding steroid dienone is 1. The third-order valence-electron chi connectivity index (χ3n) is 11.7. The van der Waals surface area contributed by atoms with Gasteiger partial charge in [0.15, 0.2) is 0 Å². The van der Waals surface area contributed by atoms with Gasteiger partial charge >= 0.3 is 0 Å². The molecular formula is C51H35N3. The van der Waals surface area contributed by atoms with Crippen LogP contribution >= 0.6 is 0 Å². The summed E-state index contributed by atoms with van der Waals surface area (Å²) >= 11 is 0. The van der Waals surface area contributed by atoms with Gasteiger partial charge in [0.1, 0.15) is 0 Å². The van der Waals surface area contributed by atoms with E-state index in [0.717, 1.165) is 40.9 Å². The minimum absolute atomic E-state index is 0.679. The molecule has 1 aliphatic carbocycles. The third-order valence-corrected chi connectivity index (χ3v) is 11.7. The van der Waals surface area contributed by atoms with Crippen molar-refractivity contribution in [2.45, 2.75) is 34.1 Å². The van der Waals surface area contributed by atoms with E-state index in [1.165, 1.54) is 93.2 Å². The Hall–Kier alpha value is -6.81. The van der Waals surface area contributed by atoms with Crippen LogP contribution in [0.3, 0.4) is 0 Å². The van der Waals surface area contributed by atoms with Crippen LogP contribution in [0.1, 0.15) is 45.4 Å². The summed E-state index contributed by atoms with van der Waals surface area (Å²) in [5.74, 6) is 0. The Bertz CT molecular complexity index is 3110. The monoisotopic (exact) mass is 689 g/mol. The summed E-state index contributed by atoms with van der Waals surface area (Å²) in [7, 11) is 0. The van der Waals surface area contributed by atoms with Crippen molar-refractivity contribution in [3.8, 4) is 56.6 Å². The molecule has 0 saturated carbocycles. The van der Waals surface area contributed by atoms with E-state index in [2.05, 4.69) is 131 Å². The largest absolute Gasteiger partial charge is 0.284 e. The summed E-state index contributed by atoms with van der Waals surface area (Å²) in [5.41, 5.74) is 17.7. The maximum absolute atomic E-state index is 9.86. The zero-order valence-electron chi connectivity index (χ0n) is 30.7. The van der Waals surface area contributed by atoms with Crippen molar-refractivity contribution in [1.29, 1.82) is 10.5 Å². The van der Waals surface area contributed by atoms with Crippen molar-refractivity contribution in [3.63, 3.8) is 0 Å². The van der Waals surface area contributed by atoms with E-state index in [4.69, 9.17) is 4.99 Å². The maximum Gasteiger partial charge on any atom is 0.0991 e. The molecule has 0 fully saturated rings. The van der Waals surface area contributed by atoms with Crippen LogP contribution in [-0.4, -0.2) is 12.3 Å². The highest BCUT2D eigenvalue weighted by molar-refractivity contribution is 6.29. The van der Waals surface area contributed by atoms with Crippen LogP contribution in [0.5, 0.6) is 0 Å². The highest BCUT2D eigenvalue weighted by Gasteiger charge is 2.26. The second-order valence-electron chi connectivity index (χ2n) is 15.0. The lowest BCUT2D eigenvalue weighted by atomic mass is 9.83. The molecule has 0 bridgehead atoms. The lowest BCUT2D eigenvalue weighted by molar-refractivity contribution is 0.994. The van der Waals surface area contributed by atoms with Crippen molar-refractivity contribution in [3.05, 3.63) is 154 Å². The molecule has 0 radical (unpaired) electrons. The summed E-state index contributed by atoms with van der Waals surface area (Å²) in [4.78, 5) is 4.91. The highest BCUT2D eigenvalue weighted by atomic mass is 14.7. The first-order valence-electron chi connectivity index (χ1n) is 18.6. The van der Waals surface area contributed by atoms with Crippen molar-refractivity contribution in [2.75, 3.05) is 6.54 Å². The molecule has 10 rings (SSSR count). The van der Waals surface area contributed by atoms with E-state index in [1.54, 1.807) is 0 Å². The summed E-state index contributed by atoms with van der Waals surface area (Å²) in [6, 6.07) is 42.4. The molecule has 0 spiro atoms. The third kappa shape index (κ3) is 4.55. The Kier molecular flexibility index (Phi) is 7.00. The number of aryl methyl sites for hydroxylation is 4. The van der Waals surface area contributed by atoms with E-state index in [1.807, 2.05) is 24.3 Å². The Morgan fingerprint density at radius 3 is 1.57 bits per heavy atom. The van der Waals surface area contributed by atoms with Crippen LogP contribution < -0.4 is 0 Å². The molecule has 0 saturated heterocycles. The van der Waals surface area contributed by atoms with Crippen molar-refractivity contribution < 1.29 is 0 Å². The van der Waals surface area contributed by atoms with Gasteiger partial charge in [0, 0.05) is 12.1 Å². The lowest BCUT2D eigenvalue weighted by Gasteiger charge is -2.20. The standard InChI is InChI=1S/C51H35N3/c1-28-18-32(26-52)19-29(2)49(28)46-25-44-40(34-10-5-6-11-35(34)46)24-47(50-30(3)20-33(27-53)21-31(50)4)45-23-41-38-13-9-12-37-36(48-14-7-8-17-54-48)15-16-39(51(37)38)42(41)22-43(44)45/h5-7,9-16,18-25H,8,17H2,1-4H3. The van der Waals surface area contributed by atoms with Gasteiger partial charge in [0.25, 0.3) is 0 Å². The first-order chi connectivity index (χ1) is 26.3. The molecule has 8 aromatic rings. The zero-order chi connectivity index (χ0) is 36.8. The number of aliphatic imine (C=N–C) groups is 1. The molecule has 254 valence electrons. The minimum atomic E-state index is 0.679. The van der Waals surface area contributed by atoms with Crippen LogP contribution in [0.2, 0.25) is 0 Å². The molecule has 54 heavy (non-hydrogen) atoms. The quantitative estimate of drug-likeness (QED) is 0.173. The first-order valence-corrected chi connectivity index (χ1v) is 18.6. The molecule has 3 heteroatoms. The van der Waals surface area contributed by atoms with Gasteiger partial charge in [-0.15, -0.1) is 0 Å². The zero-order valence-corrected chi connectivity index (χ0v) is 30.7. The first kappa shape index (κ1) is 31.9. The number of rotatable bonds is 3. The Morgan fingerprint density at radius 2 is 0.963 bits per heavy atom. The fourth-order valence-corrected chi connectivity index (χ4v) is 9.57. The normalized spacial score (nSPS) is 13.0. The molecule has 0 amide bonds. The van der Waals surface area contributed by atoms with Crippen molar-refractivity contribution in [1.82, 2.24) is 0 Å². The number of fused-ring (bicyclic) bond motifs is 8. The van der Waals surface area contributed by atoms with E-state index < -0.39 is 0 Å². The molecule has 1 aliphatic heterocycles. The number of nitrogens with zero attached hydrogens (tertiary/aromatic N) is 3. The van der Waals surface area contributed by atoms with E-state index in [0.29, 0.717) is 11.1 Å². The second-order valence-corrected chi connectivity index (χ2v) is 15.0. The molecule has 0 N–H and O–H groups in total. The molecule has 8 aromatic carbocycles. The van der Waals surface area contributed by atoms with Gasteiger partial charge in [-0.2, -0.15) is 10.5 Å². The average Bonchev–Trinajstić information content (AvgIpc) is 3.50. The molecule has 0 atom stereocenters. The second kappa shape index (κ2) is 11.9. The Balaban J connectivity index is 1.36. The van der Waals surface area contributed by atoms with Gasteiger partial charge in [0.05, 0.1) is 29.0 Å². The van der Waals surface area contributed by atoms with Gasteiger partial charge in [0.2, 0.25) is 0 Å². The molecular weight excluding hydrogens is 655 g/mol. The van der Waals surface area contributed by atoms with Crippen molar-refractivity contribution in [2.24, 2.45) is 4.99 Å². The SMILES string of the molecule is Cc1cc(C#N)cc(C)c1-c1cc2c3cc4c(cc3c(-c3c(C)cc(C#N)cc3C)cc2c2ccccc12)-c1cccc2c(C3=NCCC=C3)ccc-4c12. The van der Waals surface area contributed by atoms with Gasteiger partial charge in [-0.05, 0) is 199 Å². The Morgan fingerprint density at radius 1 is 0.463 bits per heavy atom. The number of dihydropyridines is 1. The van der Waals surface area contributed by atoms with Gasteiger partial charge in [-0.1, -0.05) is 60.7 Å². The van der Waals surface area contributed by atoms with E-state index in [9.17, 15) is 10.5 Å². The van der Waals surface area contributed by atoms with Crippen LogP contribution in [0, 0.1) is 50.4 Å². The minimum Gasteiger partial charge on any atom is -0.284 e. The molecule has 2 aliphatic rings. The number of nitriles is 2. The van der Waals surface area contributed by atoms with Crippen LogP contribution in [-0.2, 0) is 0 Å². The van der Waals surface area contributed by atoms with Crippen LogP contribution in [0.15, 0.2) is 120 Å². The van der Waals surface area contributed by atoms with Crippen LogP contribution in [0.4, 0.5) is 0 Å². The number of benzene rings is 8. The lowest BCUT2D eigenvalue weighted by Crippen LogP contribution is -2.03. The number of hydrogen-bond acceptors (Lipinski definition) is 3. The predicted molar refractivity (Wildman–Crippen MR) is 225 cm³/mol. The molecule has 3 nitrogen and oxygen atoms in total. The fourth-order valence-electron chi connectivity index (χ4n) is 9.57. The van der Waals surface area contributed by atoms with Crippen LogP contribution in [0.25, 0.3) is 87.6 Å². The maximum atomic E-state index is 9.86. The summed E-state index contributed by atoms with van der Waals surface area (Å²) in [5, 5.41) is 29.3. The van der Waals surface area contributed by atoms with E-state index >= 15 is 0 Å². The smallest absolute Gasteiger partial charge is 0.0991 e. The van der Waals surface area contributed by atoms with Gasteiger partial charge in [-0.3, -0.25) is 4.99 Å². The summed E-state index contributed by atoms with van der Waals surface area (Å²) in [6.45, 7) is 9.32.